The van der Waals surface area contributed by atoms with Crippen LogP contribution in [-0.2, 0) is 10.2 Å². The third-order valence-corrected chi connectivity index (χ3v) is 7.11. The van der Waals surface area contributed by atoms with Crippen molar-refractivity contribution in [3.8, 4) is 5.82 Å². The first-order valence-corrected chi connectivity index (χ1v) is 10.9. The molecular weight excluding hydrogens is 386 g/mol. The summed E-state index contributed by atoms with van der Waals surface area (Å²) in [6.07, 6.45) is 7.29. The molecule has 2 fully saturated rings. The Bertz CT molecular complexity index is 941. The van der Waals surface area contributed by atoms with E-state index in [-0.39, 0.29) is 5.41 Å². The van der Waals surface area contributed by atoms with Crippen LogP contribution in [0.1, 0.15) is 30.6 Å². The average Bonchev–Trinajstić information content (AvgIpc) is 3.56. The van der Waals surface area contributed by atoms with E-state index in [9.17, 15) is 4.79 Å². The van der Waals surface area contributed by atoms with Crippen molar-refractivity contribution in [1.29, 1.82) is 0 Å². The topological polar surface area (TPSA) is 80.0 Å². The van der Waals surface area contributed by atoms with Crippen molar-refractivity contribution in [1.82, 2.24) is 29.9 Å². The van der Waals surface area contributed by atoms with E-state index in [0.717, 1.165) is 57.7 Å². The molecule has 8 nitrogen and oxygen atoms in total. The molecule has 0 bridgehead atoms. The predicted octanol–water partition coefficient (Wildman–Crippen LogP) is 2.28. The lowest BCUT2D eigenvalue weighted by atomic mass is 9.82. The molecule has 3 aromatic heterocycles. The lowest BCUT2D eigenvalue weighted by Crippen LogP contribution is -2.54. The highest BCUT2D eigenvalue weighted by molar-refractivity contribution is 7.10. The highest BCUT2D eigenvalue weighted by Crippen LogP contribution is 2.44. The van der Waals surface area contributed by atoms with Gasteiger partial charge < -0.3 is 9.80 Å². The van der Waals surface area contributed by atoms with Gasteiger partial charge in [0.1, 0.15) is 12.7 Å². The molecule has 5 rings (SSSR count). The number of piperazine rings is 1. The smallest absolute Gasteiger partial charge is 0.234 e. The highest BCUT2D eigenvalue weighted by atomic mass is 32.1. The fraction of sp³-hybridized carbons (Fsp3) is 0.450. The van der Waals surface area contributed by atoms with Crippen molar-refractivity contribution in [2.75, 3.05) is 31.1 Å². The van der Waals surface area contributed by atoms with Gasteiger partial charge in [-0.15, -0.1) is 21.5 Å². The van der Waals surface area contributed by atoms with Crippen molar-refractivity contribution in [3.05, 3.63) is 47.2 Å². The van der Waals surface area contributed by atoms with Crippen LogP contribution in [-0.4, -0.2) is 61.9 Å². The first-order chi connectivity index (χ1) is 14.3. The number of carbonyl (C=O) groups excluding carboxylic acids is 1. The monoisotopic (exact) mass is 409 g/mol. The van der Waals surface area contributed by atoms with Gasteiger partial charge in [-0.25, -0.2) is 9.67 Å². The van der Waals surface area contributed by atoms with Gasteiger partial charge in [0.25, 0.3) is 0 Å². The van der Waals surface area contributed by atoms with E-state index in [1.165, 1.54) is 11.2 Å². The molecule has 150 valence electrons. The van der Waals surface area contributed by atoms with Gasteiger partial charge in [0.15, 0.2) is 11.6 Å². The van der Waals surface area contributed by atoms with Gasteiger partial charge in [-0.1, -0.05) is 18.9 Å². The fourth-order valence-corrected chi connectivity index (χ4v) is 5.45. The lowest BCUT2D eigenvalue weighted by molar-refractivity contribution is -0.137. The Labute approximate surface area is 173 Å². The van der Waals surface area contributed by atoms with Gasteiger partial charge in [-0.2, -0.15) is 5.10 Å². The normalized spacial score (nSPS) is 18.9. The number of nitrogens with zero attached hydrogens (tertiary/aromatic N) is 7. The van der Waals surface area contributed by atoms with Crippen LogP contribution in [0.2, 0.25) is 0 Å². The van der Waals surface area contributed by atoms with Crippen molar-refractivity contribution in [3.63, 3.8) is 0 Å². The standard InChI is InChI=1S/C20H23N7OS/c28-19(20(7-1-2-8-20)16-4-3-13-29-16)26-11-9-25(10-12-26)17-5-6-18(24-23-17)27-15-21-14-22-27/h3-6,13-15H,1-2,7-12H2. The maximum Gasteiger partial charge on any atom is 0.234 e. The SMILES string of the molecule is O=C(N1CCN(c2ccc(-n3cncn3)nn2)CC1)C1(c2cccs2)CCCC1. The summed E-state index contributed by atoms with van der Waals surface area (Å²) in [5.74, 6) is 1.78. The number of anilines is 1. The first-order valence-electron chi connectivity index (χ1n) is 10.0. The Balaban J connectivity index is 1.26. The largest absolute Gasteiger partial charge is 0.352 e. The molecule has 0 aromatic carbocycles. The molecule has 29 heavy (non-hydrogen) atoms. The second kappa shape index (κ2) is 7.55. The number of hydrogen-bond donors (Lipinski definition) is 0. The van der Waals surface area contributed by atoms with Gasteiger partial charge in [0.2, 0.25) is 5.91 Å². The van der Waals surface area contributed by atoms with E-state index >= 15 is 0 Å². The molecule has 0 unspecified atom stereocenters. The quantitative estimate of drug-likeness (QED) is 0.658. The fourth-order valence-electron chi connectivity index (χ4n) is 4.47. The number of carbonyl (C=O) groups is 1. The second-order valence-corrected chi connectivity index (χ2v) is 8.58. The minimum absolute atomic E-state index is 0.296. The first kappa shape index (κ1) is 18.2. The Morgan fingerprint density at radius 3 is 2.38 bits per heavy atom. The molecule has 0 N–H and O–H groups in total. The van der Waals surface area contributed by atoms with Crippen LogP contribution in [0.3, 0.4) is 0 Å². The number of thiophene rings is 1. The summed E-state index contributed by atoms with van der Waals surface area (Å²) in [5.41, 5.74) is -0.296. The maximum absolute atomic E-state index is 13.5. The van der Waals surface area contributed by atoms with Gasteiger partial charge in [-0.05, 0) is 36.4 Å². The summed E-state index contributed by atoms with van der Waals surface area (Å²) in [4.78, 5) is 22.9. The predicted molar refractivity (Wildman–Crippen MR) is 110 cm³/mol. The Kier molecular flexibility index (Phi) is 4.75. The van der Waals surface area contributed by atoms with Crippen LogP contribution in [0.25, 0.3) is 5.82 Å². The second-order valence-electron chi connectivity index (χ2n) is 7.64. The molecule has 0 radical (unpaired) electrons. The zero-order valence-corrected chi connectivity index (χ0v) is 17.0. The third-order valence-electron chi connectivity index (χ3n) is 6.04. The van der Waals surface area contributed by atoms with Crippen molar-refractivity contribution in [2.24, 2.45) is 0 Å². The van der Waals surface area contributed by atoms with E-state index in [0.29, 0.717) is 11.7 Å². The summed E-state index contributed by atoms with van der Waals surface area (Å²) in [6, 6.07) is 8.04. The van der Waals surface area contributed by atoms with Crippen LogP contribution < -0.4 is 4.90 Å². The van der Waals surface area contributed by atoms with E-state index in [4.69, 9.17) is 0 Å². The summed E-state index contributed by atoms with van der Waals surface area (Å²) in [7, 11) is 0. The Hall–Kier alpha value is -2.81. The molecule has 4 heterocycles. The van der Waals surface area contributed by atoms with Crippen LogP contribution >= 0.6 is 11.3 Å². The van der Waals surface area contributed by atoms with Crippen molar-refractivity contribution in [2.45, 2.75) is 31.1 Å². The minimum atomic E-state index is -0.296. The number of amides is 1. The van der Waals surface area contributed by atoms with Crippen LogP contribution in [0.4, 0.5) is 5.82 Å². The van der Waals surface area contributed by atoms with Gasteiger partial charge in [-0.3, -0.25) is 4.79 Å². The van der Waals surface area contributed by atoms with Gasteiger partial charge in [0.05, 0.1) is 5.41 Å². The summed E-state index contributed by atoms with van der Waals surface area (Å²) < 4.78 is 1.58. The molecule has 1 saturated heterocycles. The van der Waals surface area contributed by atoms with Crippen molar-refractivity contribution < 1.29 is 4.79 Å². The molecule has 2 aliphatic rings. The summed E-state index contributed by atoms with van der Waals surface area (Å²) >= 11 is 1.72. The lowest BCUT2D eigenvalue weighted by Gasteiger charge is -2.39. The van der Waals surface area contributed by atoms with Gasteiger partial charge in [0, 0.05) is 31.1 Å². The summed E-state index contributed by atoms with van der Waals surface area (Å²) in [6.45, 7) is 2.98. The van der Waals surface area contributed by atoms with E-state index < -0.39 is 0 Å². The van der Waals surface area contributed by atoms with E-state index in [1.54, 1.807) is 22.3 Å². The summed E-state index contributed by atoms with van der Waals surface area (Å²) in [5, 5.41) is 14.7. The van der Waals surface area contributed by atoms with Crippen molar-refractivity contribution >= 4 is 23.1 Å². The molecule has 0 atom stereocenters. The molecular formula is C20H23N7OS. The average molecular weight is 410 g/mol. The zero-order valence-electron chi connectivity index (χ0n) is 16.1. The van der Waals surface area contributed by atoms with Crippen LogP contribution in [0, 0.1) is 0 Å². The number of hydrogen-bond acceptors (Lipinski definition) is 7. The molecule has 1 aliphatic carbocycles. The van der Waals surface area contributed by atoms with E-state index in [1.807, 2.05) is 12.1 Å². The molecule has 3 aromatic rings. The zero-order chi connectivity index (χ0) is 19.7. The minimum Gasteiger partial charge on any atom is -0.352 e. The molecule has 1 saturated carbocycles. The number of aromatic nitrogens is 5. The maximum atomic E-state index is 13.5. The Morgan fingerprint density at radius 1 is 1.00 bits per heavy atom. The van der Waals surface area contributed by atoms with Crippen LogP contribution in [0.15, 0.2) is 42.3 Å². The number of rotatable bonds is 4. The van der Waals surface area contributed by atoms with E-state index in [2.05, 4.69) is 47.6 Å². The Morgan fingerprint density at radius 2 is 1.76 bits per heavy atom. The molecule has 9 heteroatoms. The van der Waals surface area contributed by atoms with Gasteiger partial charge >= 0.3 is 0 Å². The third kappa shape index (κ3) is 3.29. The molecule has 1 amide bonds. The molecule has 0 spiro atoms. The van der Waals surface area contributed by atoms with Crippen LogP contribution in [0.5, 0.6) is 0 Å². The molecule has 1 aliphatic heterocycles. The highest BCUT2D eigenvalue weighted by Gasteiger charge is 2.46.